The van der Waals surface area contributed by atoms with Crippen LogP contribution >= 0.6 is 35.0 Å². The smallest absolute Gasteiger partial charge is 0.171 e. The molecule has 30 heavy (non-hydrogen) atoms. The van der Waals surface area contributed by atoms with Crippen LogP contribution in [0.4, 0.5) is 5.82 Å². The van der Waals surface area contributed by atoms with Gasteiger partial charge in [0.2, 0.25) is 0 Å². The summed E-state index contributed by atoms with van der Waals surface area (Å²) in [5, 5.41) is 5.67. The molecule has 1 aromatic carbocycles. The number of pyridine rings is 1. The molecule has 0 amide bonds. The lowest BCUT2D eigenvalue weighted by Crippen LogP contribution is -2.47. The molecule has 0 bridgehead atoms. The molecule has 5 nitrogen and oxygen atoms in total. The number of hydrogen-bond donors (Lipinski definition) is 1. The van der Waals surface area contributed by atoms with E-state index in [1.807, 2.05) is 16.6 Å². The largest absolute Gasteiger partial charge is 0.356 e. The Morgan fingerprint density at radius 3 is 2.73 bits per heavy atom. The van der Waals surface area contributed by atoms with Gasteiger partial charge in [-0.15, -0.1) is 0 Å². The molecular formula is C22H25Cl2N5S. The predicted molar refractivity (Wildman–Crippen MR) is 124 cm³/mol. The number of nitrogens with zero attached hydrogens (tertiary/aromatic N) is 4. The van der Waals surface area contributed by atoms with Crippen molar-refractivity contribution in [2.24, 2.45) is 11.1 Å². The average molecular weight is 462 g/mol. The SMILES string of the molecule is Cc1cc(N2CCC3(CCCC3N)CC2)n2ncnc2c1Sc1cccc(Cl)c1Cl. The van der Waals surface area contributed by atoms with Gasteiger partial charge in [0.25, 0.3) is 0 Å². The van der Waals surface area contributed by atoms with Gasteiger partial charge in [0, 0.05) is 24.0 Å². The monoisotopic (exact) mass is 461 g/mol. The second-order valence-corrected chi connectivity index (χ2v) is 10.3. The van der Waals surface area contributed by atoms with Crippen molar-refractivity contribution in [2.45, 2.75) is 54.9 Å². The first kappa shape index (κ1) is 20.4. The average Bonchev–Trinajstić information content (AvgIpc) is 3.36. The first-order valence-electron chi connectivity index (χ1n) is 10.4. The Bertz CT molecular complexity index is 1090. The summed E-state index contributed by atoms with van der Waals surface area (Å²) in [7, 11) is 0. The number of aryl methyl sites for hydroxylation is 1. The van der Waals surface area contributed by atoms with Crippen LogP contribution in [0.15, 0.2) is 40.4 Å². The van der Waals surface area contributed by atoms with Crippen molar-refractivity contribution in [2.75, 3.05) is 18.0 Å². The van der Waals surface area contributed by atoms with Crippen LogP contribution in [0.1, 0.15) is 37.7 Å². The molecule has 8 heteroatoms. The van der Waals surface area contributed by atoms with Gasteiger partial charge in [-0.3, -0.25) is 0 Å². The molecule has 1 aliphatic heterocycles. The molecule has 1 saturated heterocycles. The van der Waals surface area contributed by atoms with Gasteiger partial charge in [-0.05, 0) is 61.8 Å². The third-order valence-electron chi connectivity index (χ3n) is 6.86. The summed E-state index contributed by atoms with van der Waals surface area (Å²) >= 11 is 14.2. The zero-order valence-corrected chi connectivity index (χ0v) is 19.3. The van der Waals surface area contributed by atoms with Crippen molar-refractivity contribution >= 4 is 46.4 Å². The minimum atomic E-state index is 0.339. The molecule has 3 heterocycles. The molecule has 1 aliphatic carbocycles. The Morgan fingerprint density at radius 1 is 1.20 bits per heavy atom. The van der Waals surface area contributed by atoms with E-state index in [1.165, 1.54) is 19.3 Å². The highest BCUT2D eigenvalue weighted by Crippen LogP contribution is 2.46. The fourth-order valence-corrected chi connectivity index (χ4v) is 6.54. The predicted octanol–water partition coefficient (Wildman–Crippen LogP) is 5.59. The second kappa shape index (κ2) is 7.90. The van der Waals surface area contributed by atoms with Gasteiger partial charge in [0.05, 0.1) is 14.9 Å². The number of nitrogens with two attached hydrogens (primary N) is 1. The number of benzene rings is 1. The van der Waals surface area contributed by atoms with Gasteiger partial charge < -0.3 is 10.6 Å². The van der Waals surface area contributed by atoms with E-state index in [0.717, 1.165) is 52.8 Å². The quantitative estimate of drug-likeness (QED) is 0.550. The van der Waals surface area contributed by atoms with Gasteiger partial charge in [-0.2, -0.15) is 9.61 Å². The zero-order chi connectivity index (χ0) is 20.9. The van der Waals surface area contributed by atoms with Crippen LogP contribution in [0, 0.1) is 12.3 Å². The van der Waals surface area contributed by atoms with E-state index in [2.05, 4.69) is 28.0 Å². The lowest BCUT2D eigenvalue weighted by atomic mass is 9.74. The number of anilines is 1. The molecular weight excluding hydrogens is 437 g/mol. The van der Waals surface area contributed by atoms with E-state index < -0.39 is 0 Å². The molecule has 1 unspecified atom stereocenters. The molecule has 2 aliphatic rings. The molecule has 2 N–H and O–H groups in total. The summed E-state index contributed by atoms with van der Waals surface area (Å²) in [5.74, 6) is 1.10. The van der Waals surface area contributed by atoms with Crippen molar-refractivity contribution in [1.29, 1.82) is 0 Å². The molecule has 5 rings (SSSR count). The number of hydrogen-bond acceptors (Lipinski definition) is 5. The standard InChI is InChI=1S/C22H25Cl2N5S/c1-14-12-18(28-10-8-22(9-11-28)7-3-6-17(22)25)29-21(26-13-27-29)20(14)30-16-5-2-4-15(23)19(16)24/h2,4-5,12-13,17H,3,6-11,25H2,1H3. The second-order valence-electron chi connectivity index (χ2n) is 8.51. The van der Waals surface area contributed by atoms with Crippen molar-refractivity contribution in [3.8, 4) is 0 Å². The first-order valence-corrected chi connectivity index (χ1v) is 12.0. The summed E-state index contributed by atoms with van der Waals surface area (Å²) in [6.45, 7) is 4.14. The van der Waals surface area contributed by atoms with Gasteiger partial charge in [0.1, 0.15) is 12.1 Å². The Balaban J connectivity index is 1.47. The van der Waals surface area contributed by atoms with Crippen molar-refractivity contribution in [1.82, 2.24) is 14.6 Å². The van der Waals surface area contributed by atoms with Crippen LogP contribution in [-0.2, 0) is 0 Å². The van der Waals surface area contributed by atoms with Crippen LogP contribution in [0.3, 0.4) is 0 Å². The summed E-state index contributed by atoms with van der Waals surface area (Å²) in [4.78, 5) is 8.98. The van der Waals surface area contributed by atoms with Crippen molar-refractivity contribution < 1.29 is 0 Å². The number of aromatic nitrogens is 3. The Kier molecular flexibility index (Phi) is 5.38. The maximum absolute atomic E-state index is 6.47. The topological polar surface area (TPSA) is 59.5 Å². The molecule has 2 aromatic heterocycles. The van der Waals surface area contributed by atoms with Crippen molar-refractivity contribution in [3.63, 3.8) is 0 Å². The summed E-state index contributed by atoms with van der Waals surface area (Å²) in [6, 6.07) is 8.27. The van der Waals surface area contributed by atoms with Gasteiger partial charge in [-0.25, -0.2) is 4.98 Å². The number of fused-ring (bicyclic) bond motifs is 1. The van der Waals surface area contributed by atoms with E-state index in [9.17, 15) is 0 Å². The number of halogens is 2. The van der Waals surface area contributed by atoms with E-state index in [1.54, 1.807) is 24.2 Å². The molecule has 0 radical (unpaired) electrons. The van der Waals surface area contributed by atoms with E-state index in [4.69, 9.17) is 28.9 Å². The fourth-order valence-electron chi connectivity index (χ4n) is 5.05. The van der Waals surface area contributed by atoms with E-state index >= 15 is 0 Å². The minimum Gasteiger partial charge on any atom is -0.356 e. The highest BCUT2D eigenvalue weighted by atomic mass is 35.5. The first-order chi connectivity index (χ1) is 14.5. The maximum atomic E-state index is 6.47. The molecule has 1 spiro atoms. The maximum Gasteiger partial charge on any atom is 0.171 e. The molecule has 158 valence electrons. The number of piperidine rings is 1. The highest BCUT2D eigenvalue weighted by Gasteiger charge is 2.43. The van der Waals surface area contributed by atoms with Gasteiger partial charge >= 0.3 is 0 Å². The minimum absolute atomic E-state index is 0.339. The normalized spacial score (nSPS) is 21.1. The zero-order valence-electron chi connectivity index (χ0n) is 16.9. The third kappa shape index (κ3) is 3.38. The van der Waals surface area contributed by atoms with Crippen LogP contribution in [-0.4, -0.2) is 33.7 Å². The van der Waals surface area contributed by atoms with Crippen LogP contribution in [0.25, 0.3) is 5.65 Å². The van der Waals surface area contributed by atoms with Gasteiger partial charge in [0.15, 0.2) is 5.65 Å². The van der Waals surface area contributed by atoms with Gasteiger partial charge in [-0.1, -0.05) is 47.5 Å². The van der Waals surface area contributed by atoms with Crippen molar-refractivity contribution in [3.05, 3.63) is 46.2 Å². The van der Waals surface area contributed by atoms with Crippen LogP contribution in [0.2, 0.25) is 10.0 Å². The highest BCUT2D eigenvalue weighted by molar-refractivity contribution is 7.99. The number of rotatable bonds is 3. The summed E-state index contributed by atoms with van der Waals surface area (Å²) < 4.78 is 1.96. The Morgan fingerprint density at radius 2 is 2.00 bits per heavy atom. The Labute approximate surface area is 190 Å². The third-order valence-corrected chi connectivity index (χ3v) is 9.06. The Hall–Kier alpha value is -1.47. The molecule has 1 saturated carbocycles. The molecule has 3 aromatic rings. The lowest BCUT2D eigenvalue weighted by molar-refractivity contribution is 0.197. The van der Waals surface area contributed by atoms with E-state index in [-0.39, 0.29) is 0 Å². The molecule has 2 fully saturated rings. The lowest BCUT2D eigenvalue weighted by Gasteiger charge is -2.43. The molecule has 1 atom stereocenters. The van der Waals surface area contributed by atoms with E-state index in [0.29, 0.717) is 21.5 Å². The van der Waals surface area contributed by atoms with Crippen LogP contribution in [0.5, 0.6) is 0 Å². The summed E-state index contributed by atoms with van der Waals surface area (Å²) in [6.07, 6.45) is 7.64. The fraction of sp³-hybridized carbons (Fsp3) is 0.455. The van der Waals surface area contributed by atoms with Crippen LogP contribution < -0.4 is 10.6 Å². The summed E-state index contributed by atoms with van der Waals surface area (Å²) in [5.41, 5.74) is 8.82.